The van der Waals surface area contributed by atoms with E-state index < -0.39 is 5.54 Å². The van der Waals surface area contributed by atoms with E-state index in [1.165, 1.54) is 6.33 Å². The number of nitrogens with zero attached hydrogens (tertiary/aromatic N) is 2. The predicted octanol–water partition coefficient (Wildman–Crippen LogP) is 2.62. The maximum Gasteiger partial charge on any atom is 0.251 e. The normalized spacial score (nSPS) is 11.9. The molecule has 0 aliphatic heterocycles. The van der Waals surface area contributed by atoms with E-state index in [9.17, 15) is 9.90 Å². The Balaban J connectivity index is 1.78. The van der Waals surface area contributed by atoms with Crippen LogP contribution >= 0.6 is 0 Å². The van der Waals surface area contributed by atoms with Gasteiger partial charge in [-0.3, -0.25) is 4.79 Å². The molecule has 8 nitrogen and oxygen atoms in total. The number of aromatic amines is 2. The van der Waals surface area contributed by atoms with E-state index >= 15 is 0 Å². The molecular weight excluding hydrogens is 358 g/mol. The number of H-pyrrole nitrogens is 2. The Labute approximate surface area is 161 Å². The van der Waals surface area contributed by atoms with E-state index in [0.29, 0.717) is 17.1 Å². The first-order valence-corrected chi connectivity index (χ1v) is 8.84. The molecule has 0 radical (unpaired) electrons. The van der Waals surface area contributed by atoms with Crippen molar-refractivity contribution in [3.05, 3.63) is 42.4 Å². The summed E-state index contributed by atoms with van der Waals surface area (Å²) in [5.74, 6) is 0.260. The summed E-state index contributed by atoms with van der Waals surface area (Å²) in [4.78, 5) is 27.5. The molecule has 0 bridgehead atoms. The Morgan fingerprint density at radius 3 is 2.82 bits per heavy atom. The van der Waals surface area contributed by atoms with Gasteiger partial charge in [-0.15, -0.1) is 0 Å². The third kappa shape index (κ3) is 3.07. The number of benzene rings is 1. The maximum absolute atomic E-state index is 12.6. The number of aromatic nitrogens is 4. The van der Waals surface area contributed by atoms with E-state index in [1.807, 2.05) is 24.4 Å². The van der Waals surface area contributed by atoms with Crippen LogP contribution in [-0.2, 0) is 0 Å². The van der Waals surface area contributed by atoms with Crippen LogP contribution in [0.25, 0.3) is 33.2 Å². The van der Waals surface area contributed by atoms with Crippen molar-refractivity contribution >= 4 is 27.8 Å². The SMILES string of the molecule is COc1ncnc2[nH]c(-c3c[nH]c4ccc(C(=O)NC(C)(C)CO)cc34)cc12. The fourth-order valence-electron chi connectivity index (χ4n) is 3.13. The number of rotatable bonds is 5. The topological polar surface area (TPSA) is 116 Å². The van der Waals surface area contributed by atoms with Crippen molar-refractivity contribution in [3.63, 3.8) is 0 Å². The van der Waals surface area contributed by atoms with E-state index in [0.717, 1.165) is 27.5 Å². The summed E-state index contributed by atoms with van der Waals surface area (Å²) in [6.07, 6.45) is 3.33. The summed E-state index contributed by atoms with van der Waals surface area (Å²) in [5, 5.41) is 13.9. The zero-order valence-electron chi connectivity index (χ0n) is 15.8. The summed E-state index contributed by atoms with van der Waals surface area (Å²) < 4.78 is 5.30. The van der Waals surface area contributed by atoms with E-state index in [2.05, 4.69) is 25.3 Å². The highest BCUT2D eigenvalue weighted by molar-refractivity contribution is 6.03. The lowest BCUT2D eigenvalue weighted by atomic mass is 10.0. The van der Waals surface area contributed by atoms with Crippen LogP contribution in [-0.4, -0.2) is 50.2 Å². The zero-order valence-corrected chi connectivity index (χ0v) is 15.8. The fraction of sp³-hybridized carbons (Fsp3) is 0.250. The van der Waals surface area contributed by atoms with Crippen molar-refractivity contribution in [1.82, 2.24) is 25.3 Å². The van der Waals surface area contributed by atoms with E-state index in [4.69, 9.17) is 4.74 Å². The largest absolute Gasteiger partial charge is 0.480 e. The Morgan fingerprint density at radius 2 is 2.07 bits per heavy atom. The molecule has 3 aromatic heterocycles. The number of methoxy groups -OCH3 is 1. The van der Waals surface area contributed by atoms with Gasteiger partial charge in [0.05, 0.1) is 30.3 Å². The number of carbonyl (C=O) groups excluding carboxylic acids is 1. The minimum absolute atomic E-state index is 0.145. The van der Waals surface area contributed by atoms with Gasteiger partial charge in [0.2, 0.25) is 5.88 Å². The standard InChI is InChI=1S/C20H21N5O3/c1-20(2,9-26)25-18(27)11-4-5-15-12(6-11)14(8-21-15)16-7-13-17(24-16)22-10-23-19(13)28-3/h4-8,10,21,26H,9H2,1-3H3,(H,25,27)(H,22,23,24). The van der Waals surface area contributed by atoms with Crippen molar-refractivity contribution in [2.24, 2.45) is 0 Å². The molecule has 1 aromatic carbocycles. The molecule has 0 aliphatic carbocycles. The molecule has 4 aromatic rings. The number of aliphatic hydroxyl groups excluding tert-OH is 1. The van der Waals surface area contributed by atoms with Crippen LogP contribution in [0.5, 0.6) is 5.88 Å². The molecule has 0 fully saturated rings. The highest BCUT2D eigenvalue weighted by Gasteiger charge is 2.21. The predicted molar refractivity (Wildman–Crippen MR) is 106 cm³/mol. The lowest BCUT2D eigenvalue weighted by molar-refractivity contribution is 0.0869. The van der Waals surface area contributed by atoms with Crippen molar-refractivity contribution in [2.45, 2.75) is 19.4 Å². The van der Waals surface area contributed by atoms with Gasteiger partial charge in [0.15, 0.2) is 0 Å². The van der Waals surface area contributed by atoms with Crippen molar-refractivity contribution in [1.29, 1.82) is 0 Å². The number of fused-ring (bicyclic) bond motifs is 2. The monoisotopic (exact) mass is 379 g/mol. The third-order valence-electron chi connectivity index (χ3n) is 4.66. The number of aliphatic hydroxyl groups is 1. The van der Waals surface area contributed by atoms with Crippen LogP contribution in [0.3, 0.4) is 0 Å². The number of amides is 1. The van der Waals surface area contributed by atoms with Gasteiger partial charge < -0.3 is 25.1 Å². The highest BCUT2D eigenvalue weighted by Crippen LogP contribution is 2.32. The van der Waals surface area contributed by atoms with Crippen LogP contribution < -0.4 is 10.1 Å². The van der Waals surface area contributed by atoms with Crippen molar-refractivity contribution < 1.29 is 14.6 Å². The molecule has 8 heteroatoms. The smallest absolute Gasteiger partial charge is 0.251 e. The minimum Gasteiger partial charge on any atom is -0.480 e. The van der Waals surface area contributed by atoms with Crippen LogP contribution in [0.4, 0.5) is 0 Å². The molecule has 0 saturated heterocycles. The molecule has 0 saturated carbocycles. The summed E-state index contributed by atoms with van der Waals surface area (Å²) in [6, 6.07) is 7.38. The second kappa shape index (κ2) is 6.65. The second-order valence-corrected chi connectivity index (χ2v) is 7.29. The van der Waals surface area contributed by atoms with Gasteiger partial charge >= 0.3 is 0 Å². The Morgan fingerprint density at radius 1 is 1.25 bits per heavy atom. The highest BCUT2D eigenvalue weighted by atomic mass is 16.5. The molecular formula is C20H21N5O3. The first-order valence-electron chi connectivity index (χ1n) is 8.84. The molecule has 3 heterocycles. The van der Waals surface area contributed by atoms with Gasteiger partial charge in [-0.1, -0.05) is 0 Å². The zero-order chi connectivity index (χ0) is 19.9. The van der Waals surface area contributed by atoms with Crippen molar-refractivity contribution in [3.8, 4) is 17.1 Å². The van der Waals surface area contributed by atoms with Crippen LogP contribution in [0, 0.1) is 0 Å². The maximum atomic E-state index is 12.6. The molecule has 144 valence electrons. The number of hydrogen-bond acceptors (Lipinski definition) is 5. The number of carbonyl (C=O) groups is 1. The first-order chi connectivity index (χ1) is 13.4. The second-order valence-electron chi connectivity index (χ2n) is 7.29. The summed E-state index contributed by atoms with van der Waals surface area (Å²) >= 11 is 0. The summed E-state index contributed by atoms with van der Waals surface area (Å²) in [5.41, 5.74) is 3.15. The lowest BCUT2D eigenvalue weighted by Crippen LogP contribution is -2.46. The van der Waals surface area contributed by atoms with Gasteiger partial charge in [0.25, 0.3) is 5.91 Å². The lowest BCUT2D eigenvalue weighted by Gasteiger charge is -2.23. The van der Waals surface area contributed by atoms with Gasteiger partial charge in [0, 0.05) is 28.2 Å². The minimum atomic E-state index is -0.695. The van der Waals surface area contributed by atoms with Crippen molar-refractivity contribution in [2.75, 3.05) is 13.7 Å². The molecule has 0 unspecified atom stereocenters. The van der Waals surface area contributed by atoms with Crippen LogP contribution in [0.1, 0.15) is 24.2 Å². The first kappa shape index (κ1) is 18.0. The number of hydrogen-bond donors (Lipinski definition) is 4. The number of ether oxygens (including phenoxy) is 1. The summed E-state index contributed by atoms with van der Waals surface area (Å²) in [6.45, 7) is 3.39. The van der Waals surface area contributed by atoms with E-state index in [1.54, 1.807) is 27.0 Å². The van der Waals surface area contributed by atoms with Gasteiger partial charge in [-0.25, -0.2) is 9.97 Å². The molecule has 0 atom stereocenters. The Hall–Kier alpha value is -3.39. The average Bonchev–Trinajstić information content (AvgIpc) is 3.30. The van der Waals surface area contributed by atoms with Crippen LogP contribution in [0.2, 0.25) is 0 Å². The third-order valence-corrected chi connectivity index (χ3v) is 4.66. The molecule has 4 N–H and O–H groups in total. The van der Waals surface area contributed by atoms with Gasteiger partial charge in [-0.05, 0) is 38.1 Å². The molecule has 0 aliphatic rings. The molecule has 28 heavy (non-hydrogen) atoms. The number of nitrogens with one attached hydrogen (secondary N) is 3. The molecule has 1 amide bonds. The molecule has 4 rings (SSSR count). The summed E-state index contributed by atoms with van der Waals surface area (Å²) in [7, 11) is 1.57. The van der Waals surface area contributed by atoms with E-state index in [-0.39, 0.29) is 12.5 Å². The fourth-order valence-corrected chi connectivity index (χ4v) is 3.13. The van der Waals surface area contributed by atoms with Gasteiger partial charge in [0.1, 0.15) is 12.0 Å². The van der Waals surface area contributed by atoms with Gasteiger partial charge in [-0.2, -0.15) is 0 Å². The molecule has 0 spiro atoms. The Bertz CT molecular complexity index is 1180. The average molecular weight is 379 g/mol. The Kier molecular flexibility index (Phi) is 4.27. The van der Waals surface area contributed by atoms with Crippen LogP contribution in [0.15, 0.2) is 36.8 Å². The quantitative estimate of drug-likeness (QED) is 0.425.